The van der Waals surface area contributed by atoms with Crippen molar-refractivity contribution in [3.8, 4) is 16.3 Å². The van der Waals surface area contributed by atoms with Gasteiger partial charge in [-0.1, -0.05) is 24.3 Å². The fourth-order valence-corrected chi connectivity index (χ4v) is 3.21. The molecule has 0 radical (unpaired) electrons. The predicted octanol–water partition coefficient (Wildman–Crippen LogP) is 4.12. The number of thiophene rings is 1. The molecule has 0 aliphatic carbocycles. The first-order chi connectivity index (χ1) is 12.3. The van der Waals surface area contributed by atoms with Crippen LogP contribution in [0.4, 0.5) is 0 Å². The van der Waals surface area contributed by atoms with Crippen molar-refractivity contribution in [2.24, 2.45) is 0 Å². The number of carbonyl (C=O) groups is 1. The van der Waals surface area contributed by atoms with Gasteiger partial charge in [-0.05, 0) is 41.8 Å². The standard InChI is InChI=1S/C19H15N3O2S/c23-19(20-13-15-8-4-10-24-15)17-12-16(18-9-5-11-25-18)21-22(17)14-6-2-1-3-7-14/h1-12H,13H2,(H,20,23). The van der Waals surface area contributed by atoms with Crippen molar-refractivity contribution in [2.45, 2.75) is 6.54 Å². The van der Waals surface area contributed by atoms with Crippen molar-refractivity contribution in [3.05, 3.63) is 83.8 Å². The third-order valence-electron chi connectivity index (χ3n) is 3.72. The fraction of sp³-hybridized carbons (Fsp3) is 0.0526. The molecule has 0 saturated carbocycles. The first-order valence-corrected chi connectivity index (χ1v) is 8.69. The van der Waals surface area contributed by atoms with E-state index in [2.05, 4.69) is 10.4 Å². The highest BCUT2D eigenvalue weighted by molar-refractivity contribution is 7.13. The Morgan fingerprint density at radius 1 is 1.12 bits per heavy atom. The Kier molecular flexibility index (Phi) is 4.18. The number of hydrogen-bond donors (Lipinski definition) is 1. The van der Waals surface area contributed by atoms with E-state index in [0.29, 0.717) is 18.0 Å². The highest BCUT2D eigenvalue weighted by Gasteiger charge is 2.18. The summed E-state index contributed by atoms with van der Waals surface area (Å²) in [5.41, 5.74) is 2.11. The minimum absolute atomic E-state index is 0.199. The van der Waals surface area contributed by atoms with E-state index in [1.54, 1.807) is 28.3 Å². The maximum absolute atomic E-state index is 12.7. The van der Waals surface area contributed by atoms with Gasteiger partial charge in [0.25, 0.3) is 5.91 Å². The average molecular weight is 349 g/mol. The van der Waals surface area contributed by atoms with Crippen LogP contribution < -0.4 is 5.32 Å². The van der Waals surface area contributed by atoms with Crippen LogP contribution in [0.15, 0.2) is 76.7 Å². The Morgan fingerprint density at radius 3 is 2.72 bits per heavy atom. The number of benzene rings is 1. The van der Waals surface area contributed by atoms with E-state index in [1.807, 2.05) is 60.0 Å². The highest BCUT2D eigenvalue weighted by atomic mass is 32.1. The van der Waals surface area contributed by atoms with Gasteiger partial charge in [-0.25, -0.2) is 4.68 Å². The van der Waals surface area contributed by atoms with E-state index < -0.39 is 0 Å². The first kappa shape index (κ1) is 15.4. The number of para-hydroxylation sites is 1. The van der Waals surface area contributed by atoms with Crippen LogP contribution in [0.2, 0.25) is 0 Å². The molecule has 0 bridgehead atoms. The van der Waals surface area contributed by atoms with Crippen LogP contribution in [0.3, 0.4) is 0 Å². The lowest BCUT2D eigenvalue weighted by Crippen LogP contribution is -2.25. The van der Waals surface area contributed by atoms with E-state index in [1.165, 1.54) is 0 Å². The van der Waals surface area contributed by atoms with Crippen molar-refractivity contribution in [2.75, 3.05) is 0 Å². The molecule has 0 unspecified atom stereocenters. The zero-order valence-electron chi connectivity index (χ0n) is 13.3. The summed E-state index contributed by atoms with van der Waals surface area (Å²) in [4.78, 5) is 13.7. The number of amides is 1. The smallest absolute Gasteiger partial charge is 0.270 e. The Hall–Kier alpha value is -3.12. The number of nitrogens with zero attached hydrogens (tertiary/aromatic N) is 2. The van der Waals surface area contributed by atoms with E-state index in [0.717, 1.165) is 16.3 Å². The molecule has 3 aromatic heterocycles. The summed E-state index contributed by atoms with van der Waals surface area (Å²) in [6.07, 6.45) is 1.59. The van der Waals surface area contributed by atoms with Gasteiger partial charge in [-0.15, -0.1) is 11.3 Å². The lowest BCUT2D eigenvalue weighted by Gasteiger charge is -2.07. The molecule has 4 rings (SSSR count). The third kappa shape index (κ3) is 3.25. The second kappa shape index (κ2) is 6.78. The summed E-state index contributed by atoms with van der Waals surface area (Å²) >= 11 is 1.59. The van der Waals surface area contributed by atoms with E-state index >= 15 is 0 Å². The molecule has 0 atom stereocenters. The summed E-state index contributed by atoms with van der Waals surface area (Å²) in [5, 5.41) is 9.51. The average Bonchev–Trinajstić information content (AvgIpc) is 3.41. The lowest BCUT2D eigenvalue weighted by molar-refractivity contribution is 0.0940. The molecule has 0 aliphatic heterocycles. The zero-order valence-corrected chi connectivity index (χ0v) is 14.1. The molecule has 1 aromatic carbocycles. The van der Waals surface area contributed by atoms with Crippen LogP contribution in [0, 0.1) is 0 Å². The number of aromatic nitrogens is 2. The molecule has 0 saturated heterocycles. The van der Waals surface area contributed by atoms with Crippen LogP contribution in [-0.2, 0) is 6.54 Å². The molecule has 4 aromatic rings. The minimum Gasteiger partial charge on any atom is -0.467 e. The summed E-state index contributed by atoms with van der Waals surface area (Å²) < 4.78 is 6.94. The molecule has 0 aliphatic rings. The monoisotopic (exact) mass is 349 g/mol. The van der Waals surface area contributed by atoms with Gasteiger partial charge in [0.15, 0.2) is 0 Å². The number of rotatable bonds is 5. The van der Waals surface area contributed by atoms with Gasteiger partial charge in [-0.3, -0.25) is 4.79 Å². The van der Waals surface area contributed by atoms with Crippen LogP contribution in [-0.4, -0.2) is 15.7 Å². The SMILES string of the molecule is O=C(NCc1ccco1)c1cc(-c2cccs2)nn1-c1ccccc1. The molecule has 5 nitrogen and oxygen atoms in total. The number of hydrogen-bond acceptors (Lipinski definition) is 4. The van der Waals surface area contributed by atoms with Crippen LogP contribution in [0.1, 0.15) is 16.2 Å². The molecular formula is C19H15N3O2S. The highest BCUT2D eigenvalue weighted by Crippen LogP contribution is 2.25. The van der Waals surface area contributed by atoms with Gasteiger partial charge in [0, 0.05) is 0 Å². The van der Waals surface area contributed by atoms with Gasteiger partial charge in [0.2, 0.25) is 0 Å². The van der Waals surface area contributed by atoms with Crippen molar-refractivity contribution in [3.63, 3.8) is 0 Å². The Morgan fingerprint density at radius 2 is 2.00 bits per heavy atom. The maximum Gasteiger partial charge on any atom is 0.270 e. The summed E-state index contributed by atoms with van der Waals surface area (Å²) in [7, 11) is 0. The minimum atomic E-state index is -0.199. The number of nitrogens with one attached hydrogen (secondary N) is 1. The van der Waals surface area contributed by atoms with E-state index in [-0.39, 0.29) is 5.91 Å². The van der Waals surface area contributed by atoms with Gasteiger partial charge in [0.1, 0.15) is 17.1 Å². The Bertz CT molecular complexity index is 958. The van der Waals surface area contributed by atoms with Crippen LogP contribution >= 0.6 is 11.3 Å². The topological polar surface area (TPSA) is 60.1 Å². The fourth-order valence-electron chi connectivity index (χ4n) is 2.52. The third-order valence-corrected chi connectivity index (χ3v) is 4.61. The maximum atomic E-state index is 12.7. The Balaban J connectivity index is 1.68. The molecule has 1 amide bonds. The second-order valence-electron chi connectivity index (χ2n) is 5.40. The van der Waals surface area contributed by atoms with E-state index in [4.69, 9.17) is 4.42 Å². The molecule has 25 heavy (non-hydrogen) atoms. The molecule has 124 valence electrons. The van der Waals surface area contributed by atoms with Crippen molar-refractivity contribution < 1.29 is 9.21 Å². The summed E-state index contributed by atoms with van der Waals surface area (Å²) in [6, 6.07) is 19.0. The van der Waals surface area contributed by atoms with Crippen LogP contribution in [0.25, 0.3) is 16.3 Å². The number of furan rings is 1. The van der Waals surface area contributed by atoms with Crippen molar-refractivity contribution in [1.29, 1.82) is 0 Å². The molecule has 6 heteroatoms. The van der Waals surface area contributed by atoms with Gasteiger partial charge in [0.05, 0.1) is 23.4 Å². The molecular weight excluding hydrogens is 334 g/mol. The normalized spacial score (nSPS) is 10.7. The Labute approximate surface area is 148 Å². The van der Waals surface area contributed by atoms with Gasteiger partial charge in [-0.2, -0.15) is 5.10 Å². The van der Waals surface area contributed by atoms with Gasteiger partial charge < -0.3 is 9.73 Å². The summed E-state index contributed by atoms with van der Waals surface area (Å²) in [5.74, 6) is 0.508. The molecule has 1 N–H and O–H groups in total. The van der Waals surface area contributed by atoms with Crippen molar-refractivity contribution in [1.82, 2.24) is 15.1 Å². The zero-order chi connectivity index (χ0) is 17.1. The van der Waals surface area contributed by atoms with Gasteiger partial charge >= 0.3 is 0 Å². The molecule has 0 spiro atoms. The number of carbonyl (C=O) groups excluding carboxylic acids is 1. The first-order valence-electron chi connectivity index (χ1n) is 7.81. The molecule has 3 heterocycles. The van der Waals surface area contributed by atoms with Crippen molar-refractivity contribution >= 4 is 17.2 Å². The molecule has 0 fully saturated rings. The lowest BCUT2D eigenvalue weighted by atomic mass is 10.2. The second-order valence-corrected chi connectivity index (χ2v) is 6.35. The van der Waals surface area contributed by atoms with E-state index in [9.17, 15) is 4.79 Å². The predicted molar refractivity (Wildman–Crippen MR) is 96.8 cm³/mol. The largest absolute Gasteiger partial charge is 0.467 e. The quantitative estimate of drug-likeness (QED) is 0.589. The van der Waals surface area contributed by atoms with Crippen LogP contribution in [0.5, 0.6) is 0 Å². The summed E-state index contributed by atoms with van der Waals surface area (Å²) in [6.45, 7) is 0.333.